The molecule has 0 spiro atoms. The summed E-state index contributed by atoms with van der Waals surface area (Å²) >= 11 is 3.51. The largest absolute Gasteiger partial charge is 0.496 e. The molecule has 0 saturated carbocycles. The van der Waals surface area contributed by atoms with Gasteiger partial charge in [0.15, 0.2) is 0 Å². The number of carbonyl (C=O) groups is 2. The van der Waals surface area contributed by atoms with Crippen molar-refractivity contribution >= 4 is 27.6 Å². The Morgan fingerprint density at radius 2 is 1.79 bits per heavy atom. The SMILES string of the molecule is COc1cc(OC)c(CN2C(=O)C=C[C@]2(CCC(C)=O)c2ccccc2)cc1Br. The van der Waals surface area contributed by atoms with Gasteiger partial charge in [0.25, 0.3) is 0 Å². The Morgan fingerprint density at radius 1 is 1.10 bits per heavy atom. The predicted octanol–water partition coefficient (Wildman–Crippen LogP) is 4.63. The van der Waals surface area contributed by atoms with Crippen LogP contribution in [0.2, 0.25) is 0 Å². The van der Waals surface area contributed by atoms with Crippen LogP contribution in [0.3, 0.4) is 0 Å². The predicted molar refractivity (Wildman–Crippen MR) is 115 cm³/mol. The second-order valence-electron chi connectivity index (χ2n) is 7.05. The standard InChI is InChI=1S/C23H24BrNO4/c1-16(26)9-11-23(18-7-5-4-6-8-18)12-10-22(27)25(23)15-17-13-19(24)21(29-3)14-20(17)28-2/h4-8,10,12-14H,9,11,15H2,1-3H3/t23-/m1/s1. The van der Waals surface area contributed by atoms with Gasteiger partial charge in [-0.15, -0.1) is 0 Å². The normalized spacial score (nSPS) is 18.2. The van der Waals surface area contributed by atoms with Gasteiger partial charge < -0.3 is 19.2 Å². The number of ether oxygens (including phenoxy) is 2. The van der Waals surface area contributed by atoms with Crippen molar-refractivity contribution < 1.29 is 19.1 Å². The fourth-order valence-electron chi connectivity index (χ4n) is 3.73. The van der Waals surface area contributed by atoms with Crippen LogP contribution in [0, 0.1) is 0 Å². The Bertz CT molecular complexity index is 941. The molecule has 2 aromatic rings. The van der Waals surface area contributed by atoms with Crippen LogP contribution in [0.5, 0.6) is 11.5 Å². The smallest absolute Gasteiger partial charge is 0.247 e. The lowest BCUT2D eigenvalue weighted by molar-refractivity contribution is -0.131. The third kappa shape index (κ3) is 4.22. The van der Waals surface area contributed by atoms with Gasteiger partial charge >= 0.3 is 0 Å². The van der Waals surface area contributed by atoms with Crippen molar-refractivity contribution in [1.29, 1.82) is 0 Å². The highest BCUT2D eigenvalue weighted by molar-refractivity contribution is 9.10. The zero-order valence-corrected chi connectivity index (χ0v) is 18.4. The molecule has 0 aromatic heterocycles. The van der Waals surface area contributed by atoms with Crippen LogP contribution in [0.1, 0.15) is 30.9 Å². The van der Waals surface area contributed by atoms with Gasteiger partial charge in [-0.1, -0.05) is 30.3 Å². The number of Topliss-reactive ketones (excluding diaryl/α,β-unsaturated/α-hetero) is 1. The second-order valence-corrected chi connectivity index (χ2v) is 7.90. The first-order valence-corrected chi connectivity index (χ1v) is 10.2. The molecule has 0 saturated heterocycles. The molecule has 2 aromatic carbocycles. The summed E-state index contributed by atoms with van der Waals surface area (Å²) in [6, 6.07) is 13.5. The monoisotopic (exact) mass is 457 g/mol. The van der Waals surface area contributed by atoms with Crippen LogP contribution in [-0.4, -0.2) is 30.8 Å². The minimum atomic E-state index is -0.679. The minimum Gasteiger partial charge on any atom is -0.496 e. The molecule has 0 radical (unpaired) electrons. The highest BCUT2D eigenvalue weighted by atomic mass is 79.9. The number of halogens is 1. The first kappa shape index (κ1) is 21.1. The minimum absolute atomic E-state index is 0.0913. The average Bonchev–Trinajstić information content (AvgIpc) is 3.04. The number of hydrogen-bond acceptors (Lipinski definition) is 4. The molecule has 0 N–H and O–H groups in total. The second kappa shape index (κ2) is 8.82. The maximum atomic E-state index is 12.9. The molecular weight excluding hydrogens is 434 g/mol. The van der Waals surface area contributed by atoms with Crippen LogP contribution in [0.15, 0.2) is 59.1 Å². The highest BCUT2D eigenvalue weighted by Crippen LogP contribution is 2.42. The van der Waals surface area contributed by atoms with Crippen LogP contribution < -0.4 is 9.47 Å². The van der Waals surface area contributed by atoms with E-state index in [2.05, 4.69) is 15.9 Å². The highest BCUT2D eigenvalue weighted by Gasteiger charge is 2.42. The van der Waals surface area contributed by atoms with E-state index in [0.717, 1.165) is 15.6 Å². The average molecular weight is 458 g/mol. The molecule has 0 bridgehead atoms. The van der Waals surface area contributed by atoms with Gasteiger partial charge in [-0.05, 0) is 47.0 Å². The number of benzene rings is 2. The van der Waals surface area contributed by atoms with Crippen molar-refractivity contribution in [2.45, 2.75) is 31.8 Å². The lowest BCUT2D eigenvalue weighted by Gasteiger charge is -2.39. The van der Waals surface area contributed by atoms with E-state index in [1.807, 2.05) is 47.4 Å². The summed E-state index contributed by atoms with van der Waals surface area (Å²) < 4.78 is 11.7. The lowest BCUT2D eigenvalue weighted by atomic mass is 9.84. The van der Waals surface area contributed by atoms with E-state index in [0.29, 0.717) is 30.9 Å². The molecule has 1 amide bonds. The number of hydrogen-bond donors (Lipinski definition) is 0. The zero-order valence-electron chi connectivity index (χ0n) is 16.8. The Labute approximate surface area is 179 Å². The molecule has 0 unspecified atom stereocenters. The van der Waals surface area contributed by atoms with E-state index in [9.17, 15) is 9.59 Å². The van der Waals surface area contributed by atoms with Gasteiger partial charge in [0, 0.05) is 24.1 Å². The number of amides is 1. The summed E-state index contributed by atoms with van der Waals surface area (Å²) in [5, 5.41) is 0. The molecule has 3 rings (SSSR count). The van der Waals surface area contributed by atoms with Crippen molar-refractivity contribution in [3.8, 4) is 11.5 Å². The van der Waals surface area contributed by atoms with Crippen molar-refractivity contribution in [3.05, 3.63) is 70.2 Å². The quantitative estimate of drug-likeness (QED) is 0.579. The summed E-state index contributed by atoms with van der Waals surface area (Å²) in [4.78, 5) is 26.5. The summed E-state index contributed by atoms with van der Waals surface area (Å²) in [7, 11) is 3.19. The third-order valence-corrected chi connectivity index (χ3v) is 5.88. The first-order chi connectivity index (χ1) is 13.9. The number of nitrogens with zero attached hydrogens (tertiary/aromatic N) is 1. The molecule has 1 aliphatic heterocycles. The molecular formula is C23H24BrNO4. The molecule has 1 atom stereocenters. The number of methoxy groups -OCH3 is 2. The van der Waals surface area contributed by atoms with Crippen molar-refractivity contribution in [2.75, 3.05) is 14.2 Å². The van der Waals surface area contributed by atoms with Gasteiger partial charge in [-0.25, -0.2) is 0 Å². The van der Waals surface area contributed by atoms with Gasteiger partial charge in [0.1, 0.15) is 17.3 Å². The van der Waals surface area contributed by atoms with Crippen LogP contribution >= 0.6 is 15.9 Å². The molecule has 29 heavy (non-hydrogen) atoms. The molecule has 1 heterocycles. The fourth-order valence-corrected chi connectivity index (χ4v) is 4.28. The fraction of sp³-hybridized carbons (Fsp3) is 0.304. The topological polar surface area (TPSA) is 55.8 Å². The van der Waals surface area contributed by atoms with Crippen LogP contribution in [0.25, 0.3) is 0 Å². The molecule has 152 valence electrons. The van der Waals surface area contributed by atoms with Crippen LogP contribution in [-0.2, 0) is 21.7 Å². The Morgan fingerprint density at radius 3 is 2.41 bits per heavy atom. The van der Waals surface area contributed by atoms with E-state index in [1.54, 1.807) is 33.3 Å². The number of rotatable bonds is 8. The maximum Gasteiger partial charge on any atom is 0.247 e. The van der Waals surface area contributed by atoms with Gasteiger partial charge in [0.2, 0.25) is 5.91 Å². The molecule has 0 aliphatic carbocycles. The van der Waals surface area contributed by atoms with Crippen LogP contribution in [0.4, 0.5) is 0 Å². The van der Waals surface area contributed by atoms with Crippen molar-refractivity contribution in [2.24, 2.45) is 0 Å². The zero-order chi connectivity index (χ0) is 21.0. The molecule has 6 heteroatoms. The summed E-state index contributed by atoms with van der Waals surface area (Å²) in [5.41, 5.74) is 1.15. The Hall–Kier alpha value is -2.60. The Kier molecular flexibility index (Phi) is 6.42. The Balaban J connectivity index is 2.05. The van der Waals surface area contributed by atoms with E-state index in [1.165, 1.54) is 0 Å². The maximum absolute atomic E-state index is 12.9. The summed E-state index contributed by atoms with van der Waals surface area (Å²) in [6.07, 6.45) is 4.41. The summed E-state index contributed by atoms with van der Waals surface area (Å²) in [5.74, 6) is 1.30. The molecule has 1 aliphatic rings. The van der Waals surface area contributed by atoms with E-state index in [4.69, 9.17) is 9.47 Å². The first-order valence-electron chi connectivity index (χ1n) is 9.37. The van der Waals surface area contributed by atoms with E-state index in [-0.39, 0.29) is 11.7 Å². The van der Waals surface area contributed by atoms with Gasteiger partial charge in [0.05, 0.1) is 30.8 Å². The lowest BCUT2D eigenvalue weighted by Crippen LogP contribution is -2.43. The molecule has 5 nitrogen and oxygen atoms in total. The number of carbonyl (C=O) groups excluding carboxylic acids is 2. The van der Waals surface area contributed by atoms with Crippen molar-refractivity contribution in [3.63, 3.8) is 0 Å². The number of ketones is 1. The van der Waals surface area contributed by atoms with Gasteiger partial charge in [-0.3, -0.25) is 4.79 Å². The van der Waals surface area contributed by atoms with E-state index >= 15 is 0 Å². The third-order valence-electron chi connectivity index (χ3n) is 5.26. The molecule has 0 fully saturated rings. The van der Waals surface area contributed by atoms with E-state index < -0.39 is 5.54 Å². The summed E-state index contributed by atoms with van der Waals surface area (Å²) in [6.45, 7) is 1.91. The van der Waals surface area contributed by atoms with Gasteiger partial charge in [-0.2, -0.15) is 0 Å². The van der Waals surface area contributed by atoms with Crippen molar-refractivity contribution in [1.82, 2.24) is 4.90 Å².